The van der Waals surface area contributed by atoms with E-state index < -0.39 is 5.97 Å². The number of nitrogens with zero attached hydrogens (tertiary/aromatic N) is 1. The highest BCUT2D eigenvalue weighted by molar-refractivity contribution is 7.99. The van der Waals surface area contributed by atoms with E-state index in [9.17, 15) is 9.59 Å². The molecule has 1 aliphatic heterocycles. The Morgan fingerprint density at radius 1 is 1.53 bits per heavy atom. The zero-order chi connectivity index (χ0) is 14.3. The Balaban J connectivity index is 2.18. The number of amides is 2. The Bertz CT molecular complexity index is 312. The van der Waals surface area contributed by atoms with Gasteiger partial charge >= 0.3 is 12.0 Å². The minimum Gasteiger partial charge on any atom is -0.481 e. The lowest BCUT2D eigenvalue weighted by Gasteiger charge is -2.18. The lowest BCUT2D eigenvalue weighted by molar-refractivity contribution is -0.137. The molecular formula is C13H24N2O3S. The SMILES string of the molecule is CSC(C)CCNC(=O)N1CCC(CCC(=O)O)C1. The summed E-state index contributed by atoms with van der Waals surface area (Å²) in [4.78, 5) is 24.2. The first-order valence-corrected chi connectivity index (χ1v) is 8.09. The van der Waals surface area contributed by atoms with Gasteiger partial charge in [-0.3, -0.25) is 4.79 Å². The number of thioether (sulfide) groups is 1. The Kier molecular flexibility index (Phi) is 7.05. The highest BCUT2D eigenvalue weighted by atomic mass is 32.2. The molecule has 5 nitrogen and oxygen atoms in total. The molecule has 1 heterocycles. The van der Waals surface area contributed by atoms with Crippen LogP contribution in [0.25, 0.3) is 0 Å². The Morgan fingerprint density at radius 3 is 2.89 bits per heavy atom. The number of aliphatic carboxylic acids is 1. The Morgan fingerprint density at radius 2 is 2.26 bits per heavy atom. The number of hydrogen-bond acceptors (Lipinski definition) is 3. The fourth-order valence-corrected chi connectivity index (χ4v) is 2.55. The van der Waals surface area contributed by atoms with Crippen molar-refractivity contribution in [2.24, 2.45) is 5.92 Å². The van der Waals surface area contributed by atoms with E-state index in [1.54, 1.807) is 16.7 Å². The molecule has 2 N–H and O–H groups in total. The van der Waals surface area contributed by atoms with E-state index in [-0.39, 0.29) is 12.5 Å². The van der Waals surface area contributed by atoms with Crippen molar-refractivity contribution in [3.63, 3.8) is 0 Å². The third kappa shape index (κ3) is 6.18. The van der Waals surface area contributed by atoms with Crippen LogP contribution in [-0.2, 0) is 4.79 Å². The van der Waals surface area contributed by atoms with Gasteiger partial charge in [-0.15, -0.1) is 0 Å². The summed E-state index contributed by atoms with van der Waals surface area (Å²) in [5.74, 6) is -0.416. The van der Waals surface area contributed by atoms with Gasteiger partial charge in [-0.05, 0) is 31.4 Å². The number of carbonyl (C=O) groups excluding carboxylic acids is 1. The summed E-state index contributed by atoms with van der Waals surface area (Å²) in [6.45, 7) is 4.29. The van der Waals surface area contributed by atoms with Crippen LogP contribution in [0.1, 0.15) is 32.6 Å². The lowest BCUT2D eigenvalue weighted by atomic mass is 10.0. The van der Waals surface area contributed by atoms with Crippen molar-refractivity contribution in [3.8, 4) is 0 Å². The Hall–Kier alpha value is -0.910. The smallest absolute Gasteiger partial charge is 0.317 e. The van der Waals surface area contributed by atoms with Gasteiger partial charge in [-0.2, -0.15) is 11.8 Å². The largest absolute Gasteiger partial charge is 0.481 e. The highest BCUT2D eigenvalue weighted by Crippen LogP contribution is 2.20. The molecule has 0 radical (unpaired) electrons. The molecule has 1 rings (SSSR count). The topological polar surface area (TPSA) is 69.6 Å². The molecule has 0 aliphatic carbocycles. The van der Waals surface area contributed by atoms with Gasteiger partial charge in [-0.1, -0.05) is 6.92 Å². The lowest BCUT2D eigenvalue weighted by Crippen LogP contribution is -2.39. The first-order chi connectivity index (χ1) is 9.02. The third-order valence-corrected chi connectivity index (χ3v) is 4.61. The normalized spacial score (nSPS) is 20.3. The molecule has 6 heteroatoms. The van der Waals surface area contributed by atoms with Crippen LogP contribution < -0.4 is 5.32 Å². The van der Waals surface area contributed by atoms with E-state index in [4.69, 9.17) is 5.11 Å². The molecule has 1 aliphatic rings. The molecule has 110 valence electrons. The number of nitrogens with one attached hydrogen (secondary N) is 1. The molecule has 2 unspecified atom stereocenters. The zero-order valence-corrected chi connectivity index (χ0v) is 12.5. The van der Waals surface area contributed by atoms with Crippen LogP contribution in [0.3, 0.4) is 0 Å². The van der Waals surface area contributed by atoms with Crippen LogP contribution in [0.5, 0.6) is 0 Å². The maximum Gasteiger partial charge on any atom is 0.317 e. The average Bonchev–Trinajstić information content (AvgIpc) is 2.84. The zero-order valence-electron chi connectivity index (χ0n) is 11.7. The van der Waals surface area contributed by atoms with Crippen molar-refractivity contribution in [2.45, 2.75) is 37.9 Å². The highest BCUT2D eigenvalue weighted by Gasteiger charge is 2.26. The first-order valence-electron chi connectivity index (χ1n) is 6.80. The molecule has 0 bridgehead atoms. The van der Waals surface area contributed by atoms with Gasteiger partial charge in [0.2, 0.25) is 0 Å². The fraction of sp³-hybridized carbons (Fsp3) is 0.846. The van der Waals surface area contributed by atoms with Crippen LogP contribution in [0.4, 0.5) is 4.79 Å². The number of hydrogen-bond donors (Lipinski definition) is 2. The summed E-state index contributed by atoms with van der Waals surface area (Å²) < 4.78 is 0. The van der Waals surface area contributed by atoms with E-state index in [1.807, 2.05) is 0 Å². The van der Waals surface area contributed by atoms with Crippen molar-refractivity contribution in [1.82, 2.24) is 10.2 Å². The number of rotatable bonds is 7. The third-order valence-electron chi connectivity index (χ3n) is 3.57. The number of carboxylic acids is 1. The van der Waals surface area contributed by atoms with Crippen LogP contribution in [0, 0.1) is 5.92 Å². The molecule has 19 heavy (non-hydrogen) atoms. The summed E-state index contributed by atoms with van der Waals surface area (Å²) in [5.41, 5.74) is 0. The van der Waals surface area contributed by atoms with Gasteiger partial charge in [0.05, 0.1) is 0 Å². The predicted octanol–water partition coefficient (Wildman–Crippen LogP) is 2.02. The van der Waals surface area contributed by atoms with Gasteiger partial charge in [-0.25, -0.2) is 4.79 Å². The summed E-state index contributed by atoms with van der Waals surface area (Å²) in [6, 6.07) is -0.00821. The summed E-state index contributed by atoms with van der Waals surface area (Å²) >= 11 is 1.80. The van der Waals surface area contributed by atoms with Crippen LogP contribution in [-0.4, -0.2) is 53.1 Å². The number of carbonyl (C=O) groups is 2. The van der Waals surface area contributed by atoms with Crippen molar-refractivity contribution in [2.75, 3.05) is 25.9 Å². The quantitative estimate of drug-likeness (QED) is 0.752. The van der Waals surface area contributed by atoms with E-state index in [1.165, 1.54) is 0 Å². The molecular weight excluding hydrogens is 264 g/mol. The van der Waals surface area contributed by atoms with Gasteiger partial charge in [0.1, 0.15) is 0 Å². The minimum atomic E-state index is -0.756. The number of urea groups is 1. The summed E-state index contributed by atoms with van der Waals surface area (Å²) in [6.07, 6.45) is 4.83. The number of carboxylic acid groups (broad SMARTS) is 1. The van der Waals surface area contributed by atoms with Crippen molar-refractivity contribution < 1.29 is 14.7 Å². The van der Waals surface area contributed by atoms with E-state index in [0.717, 1.165) is 19.4 Å². The number of likely N-dealkylation sites (tertiary alicyclic amines) is 1. The van der Waals surface area contributed by atoms with E-state index in [2.05, 4.69) is 18.5 Å². The van der Waals surface area contributed by atoms with Gasteiger partial charge in [0, 0.05) is 31.3 Å². The average molecular weight is 288 g/mol. The molecule has 0 saturated carbocycles. The fourth-order valence-electron chi connectivity index (χ4n) is 2.19. The van der Waals surface area contributed by atoms with E-state index >= 15 is 0 Å². The molecule has 0 spiro atoms. The van der Waals surface area contributed by atoms with Gasteiger partial charge < -0.3 is 15.3 Å². The second-order valence-electron chi connectivity index (χ2n) is 5.10. The van der Waals surface area contributed by atoms with Crippen molar-refractivity contribution in [1.29, 1.82) is 0 Å². The molecule has 0 aromatic heterocycles. The second-order valence-corrected chi connectivity index (χ2v) is 6.38. The van der Waals surface area contributed by atoms with Crippen molar-refractivity contribution >= 4 is 23.8 Å². The molecule has 1 saturated heterocycles. The molecule has 2 atom stereocenters. The summed E-state index contributed by atoms with van der Waals surface area (Å²) in [7, 11) is 0. The Labute approximate surface area is 119 Å². The van der Waals surface area contributed by atoms with Gasteiger partial charge in [0.25, 0.3) is 0 Å². The standard InChI is InChI=1S/C13H24N2O3S/c1-10(19-2)5-7-14-13(18)15-8-6-11(9-15)3-4-12(16)17/h10-11H,3-9H2,1-2H3,(H,14,18)(H,16,17). The van der Waals surface area contributed by atoms with Crippen LogP contribution in [0.2, 0.25) is 0 Å². The maximum atomic E-state index is 11.9. The monoisotopic (exact) mass is 288 g/mol. The predicted molar refractivity (Wildman–Crippen MR) is 77.5 cm³/mol. The van der Waals surface area contributed by atoms with Crippen LogP contribution >= 0.6 is 11.8 Å². The molecule has 2 amide bonds. The van der Waals surface area contributed by atoms with Crippen molar-refractivity contribution in [3.05, 3.63) is 0 Å². The maximum absolute atomic E-state index is 11.9. The van der Waals surface area contributed by atoms with E-state index in [0.29, 0.717) is 30.7 Å². The molecule has 0 aromatic carbocycles. The van der Waals surface area contributed by atoms with Gasteiger partial charge in [0.15, 0.2) is 0 Å². The molecule has 1 fully saturated rings. The second kappa shape index (κ2) is 8.30. The minimum absolute atomic E-state index is 0.00821. The molecule has 0 aromatic rings. The summed E-state index contributed by atoms with van der Waals surface area (Å²) in [5, 5.41) is 12.1. The van der Waals surface area contributed by atoms with Crippen LogP contribution in [0.15, 0.2) is 0 Å². The first kappa shape index (κ1) is 16.1.